The highest BCUT2D eigenvalue weighted by Crippen LogP contribution is 2.17. The van der Waals surface area contributed by atoms with Gasteiger partial charge in [0.2, 0.25) is 0 Å². The quantitative estimate of drug-likeness (QED) is 0.533. The summed E-state index contributed by atoms with van der Waals surface area (Å²) in [6.45, 7) is 2.99. The van der Waals surface area contributed by atoms with Crippen molar-refractivity contribution in [2.75, 3.05) is 31.2 Å². The number of pyridine rings is 1. The molecule has 0 bridgehead atoms. The van der Waals surface area contributed by atoms with Crippen molar-refractivity contribution in [3.05, 3.63) is 28.4 Å². The van der Waals surface area contributed by atoms with Gasteiger partial charge in [-0.15, -0.1) is 0 Å². The molecule has 1 aliphatic heterocycles. The van der Waals surface area contributed by atoms with Crippen molar-refractivity contribution >= 4 is 11.5 Å². The summed E-state index contributed by atoms with van der Waals surface area (Å²) in [6.07, 6.45) is 1.53. The summed E-state index contributed by atoms with van der Waals surface area (Å²) in [6, 6.07) is 3.14. The molecular formula is C9H11N3O3. The number of rotatable bonds is 2. The molecule has 15 heavy (non-hydrogen) atoms. The van der Waals surface area contributed by atoms with E-state index in [1.165, 1.54) is 12.3 Å². The lowest BCUT2D eigenvalue weighted by Crippen LogP contribution is -2.36. The monoisotopic (exact) mass is 209 g/mol. The fourth-order valence-corrected chi connectivity index (χ4v) is 1.49. The lowest BCUT2D eigenvalue weighted by atomic mass is 10.3. The Morgan fingerprint density at radius 3 is 2.67 bits per heavy atom. The molecule has 1 fully saturated rings. The molecule has 6 heteroatoms. The molecular weight excluding hydrogens is 198 g/mol. The third kappa shape index (κ3) is 2.21. The normalized spacial score (nSPS) is 16.4. The van der Waals surface area contributed by atoms with Crippen LogP contribution < -0.4 is 4.90 Å². The number of morpholine rings is 1. The van der Waals surface area contributed by atoms with Gasteiger partial charge in [0.15, 0.2) is 6.20 Å². The van der Waals surface area contributed by atoms with Crippen LogP contribution in [0, 0.1) is 10.1 Å². The Morgan fingerprint density at radius 1 is 1.40 bits per heavy atom. The first-order chi connectivity index (χ1) is 7.27. The molecule has 1 saturated heterocycles. The average molecular weight is 209 g/mol. The maximum atomic E-state index is 10.4. The zero-order valence-corrected chi connectivity index (χ0v) is 8.13. The van der Waals surface area contributed by atoms with E-state index < -0.39 is 4.92 Å². The van der Waals surface area contributed by atoms with Gasteiger partial charge in [0.1, 0.15) is 0 Å². The summed E-state index contributed by atoms with van der Waals surface area (Å²) in [5.41, 5.74) is 0.906. The lowest BCUT2D eigenvalue weighted by Gasteiger charge is -2.27. The third-order valence-corrected chi connectivity index (χ3v) is 2.30. The predicted molar refractivity (Wildman–Crippen MR) is 53.9 cm³/mol. The molecule has 0 atom stereocenters. The maximum Gasteiger partial charge on any atom is 0.363 e. The molecule has 2 heterocycles. The van der Waals surface area contributed by atoms with Gasteiger partial charge < -0.3 is 19.8 Å². The molecule has 0 N–H and O–H groups in total. The number of hydrogen-bond donors (Lipinski definition) is 0. The second kappa shape index (κ2) is 4.22. The highest BCUT2D eigenvalue weighted by atomic mass is 16.6. The first-order valence-electron chi connectivity index (χ1n) is 4.70. The summed E-state index contributed by atoms with van der Waals surface area (Å²) in [5, 5.41) is 10.4. The molecule has 1 aliphatic rings. The van der Waals surface area contributed by atoms with E-state index in [-0.39, 0.29) is 5.82 Å². The Morgan fingerprint density at radius 2 is 2.13 bits per heavy atom. The number of anilines is 1. The summed E-state index contributed by atoms with van der Waals surface area (Å²) >= 11 is 0. The summed E-state index contributed by atoms with van der Waals surface area (Å²) < 4.78 is 5.21. The zero-order chi connectivity index (χ0) is 10.7. The van der Waals surface area contributed by atoms with Crippen LogP contribution in [0.3, 0.4) is 0 Å². The van der Waals surface area contributed by atoms with Crippen LogP contribution in [0.2, 0.25) is 0 Å². The van der Waals surface area contributed by atoms with Crippen LogP contribution >= 0.6 is 0 Å². The molecule has 80 valence electrons. The van der Waals surface area contributed by atoms with Gasteiger partial charge in [-0.25, -0.2) is 0 Å². The van der Waals surface area contributed by atoms with Gasteiger partial charge in [-0.1, -0.05) is 0 Å². The number of hydrogen-bond acceptors (Lipinski definition) is 5. The smallest absolute Gasteiger partial charge is 0.363 e. The molecule has 1 aromatic heterocycles. The Hall–Kier alpha value is -1.69. The van der Waals surface area contributed by atoms with Gasteiger partial charge in [0.25, 0.3) is 0 Å². The molecule has 0 aliphatic carbocycles. The molecule has 1 aromatic rings. The molecule has 0 saturated carbocycles. The number of ether oxygens (including phenoxy) is 1. The van der Waals surface area contributed by atoms with E-state index in [0.717, 1.165) is 18.8 Å². The zero-order valence-electron chi connectivity index (χ0n) is 8.13. The van der Waals surface area contributed by atoms with Gasteiger partial charge in [-0.3, -0.25) is 0 Å². The number of nitrogens with zero attached hydrogens (tertiary/aromatic N) is 3. The van der Waals surface area contributed by atoms with Crippen molar-refractivity contribution in [1.29, 1.82) is 0 Å². The Balaban J connectivity index is 2.11. The molecule has 0 amide bonds. The minimum absolute atomic E-state index is 0.119. The molecule has 2 rings (SSSR count). The van der Waals surface area contributed by atoms with E-state index in [0.29, 0.717) is 13.2 Å². The van der Waals surface area contributed by atoms with Crippen LogP contribution in [0.1, 0.15) is 0 Å². The van der Waals surface area contributed by atoms with E-state index >= 15 is 0 Å². The van der Waals surface area contributed by atoms with Crippen LogP contribution in [-0.2, 0) is 4.74 Å². The predicted octanol–water partition coefficient (Wildman–Crippen LogP) is 0.826. The van der Waals surface area contributed by atoms with Gasteiger partial charge >= 0.3 is 5.82 Å². The van der Waals surface area contributed by atoms with Crippen LogP contribution in [0.5, 0.6) is 0 Å². The van der Waals surface area contributed by atoms with Crippen molar-refractivity contribution in [2.45, 2.75) is 0 Å². The lowest BCUT2D eigenvalue weighted by molar-refractivity contribution is -0.389. The van der Waals surface area contributed by atoms with Gasteiger partial charge in [-0.05, 0) is 16.0 Å². The second-order valence-electron chi connectivity index (χ2n) is 3.23. The van der Waals surface area contributed by atoms with Gasteiger partial charge in [-0.2, -0.15) is 0 Å². The van der Waals surface area contributed by atoms with Crippen molar-refractivity contribution in [2.24, 2.45) is 0 Å². The van der Waals surface area contributed by atoms with Gasteiger partial charge in [0.05, 0.1) is 18.9 Å². The first kappa shape index (κ1) is 9.85. The largest absolute Gasteiger partial charge is 0.378 e. The fraction of sp³-hybridized carbons (Fsp3) is 0.444. The minimum Gasteiger partial charge on any atom is -0.378 e. The number of nitro groups is 1. The Bertz CT molecular complexity index is 346. The van der Waals surface area contributed by atoms with Crippen LogP contribution in [0.25, 0.3) is 0 Å². The van der Waals surface area contributed by atoms with Crippen molar-refractivity contribution < 1.29 is 9.66 Å². The number of aromatic nitrogens is 1. The molecule has 0 unspecified atom stereocenters. The summed E-state index contributed by atoms with van der Waals surface area (Å²) in [7, 11) is 0. The van der Waals surface area contributed by atoms with Crippen molar-refractivity contribution in [3.8, 4) is 0 Å². The average Bonchev–Trinajstić information content (AvgIpc) is 2.30. The van der Waals surface area contributed by atoms with Gasteiger partial charge in [0, 0.05) is 19.2 Å². The van der Waals surface area contributed by atoms with E-state index in [2.05, 4.69) is 9.88 Å². The fourth-order valence-electron chi connectivity index (χ4n) is 1.49. The van der Waals surface area contributed by atoms with E-state index in [4.69, 9.17) is 4.74 Å². The molecule has 6 nitrogen and oxygen atoms in total. The Labute approximate surface area is 86.6 Å². The minimum atomic E-state index is -0.497. The molecule has 0 radical (unpaired) electrons. The topological polar surface area (TPSA) is 68.5 Å². The van der Waals surface area contributed by atoms with Crippen LogP contribution in [0.4, 0.5) is 11.5 Å². The Kier molecular flexibility index (Phi) is 2.77. The maximum absolute atomic E-state index is 10.4. The van der Waals surface area contributed by atoms with Crippen molar-refractivity contribution in [1.82, 2.24) is 4.98 Å². The van der Waals surface area contributed by atoms with E-state index in [1.807, 2.05) is 0 Å². The highest BCUT2D eigenvalue weighted by molar-refractivity contribution is 5.46. The van der Waals surface area contributed by atoms with Crippen LogP contribution in [-0.4, -0.2) is 36.2 Å². The van der Waals surface area contributed by atoms with E-state index in [9.17, 15) is 10.1 Å². The summed E-state index contributed by atoms with van der Waals surface area (Å²) in [4.78, 5) is 15.8. The standard InChI is InChI=1S/C9H11N3O3/c13-12(14)9-2-1-8(7-10-9)11-3-5-15-6-4-11/h1-2,7H,3-6H2. The van der Waals surface area contributed by atoms with Crippen molar-refractivity contribution in [3.63, 3.8) is 0 Å². The third-order valence-electron chi connectivity index (χ3n) is 2.30. The van der Waals surface area contributed by atoms with Crippen LogP contribution in [0.15, 0.2) is 18.3 Å². The first-order valence-corrected chi connectivity index (χ1v) is 4.70. The SMILES string of the molecule is O=[N+]([O-])c1ccc(N2CCOCC2)cn1. The second-order valence-corrected chi connectivity index (χ2v) is 3.23. The summed E-state index contributed by atoms with van der Waals surface area (Å²) in [5.74, 6) is -0.119. The highest BCUT2D eigenvalue weighted by Gasteiger charge is 2.14. The van der Waals surface area contributed by atoms with E-state index in [1.54, 1.807) is 6.07 Å². The molecule has 0 aromatic carbocycles. The molecule has 0 spiro atoms.